The van der Waals surface area contributed by atoms with Crippen LogP contribution in [0.2, 0.25) is 0 Å². The number of aliphatic hydroxyl groups excluding tert-OH is 1. The first kappa shape index (κ1) is 29.8. The number of fused-ring (bicyclic) bond motifs is 4. The van der Waals surface area contributed by atoms with Gasteiger partial charge in [0.1, 0.15) is 30.5 Å². The molecule has 0 aliphatic carbocycles. The summed E-state index contributed by atoms with van der Waals surface area (Å²) in [5.41, 5.74) is -0.656. The number of alkyl halides is 1. The molecule has 18 nitrogen and oxygen atoms in total. The Kier molecular flexibility index (Phi) is 7.38. The van der Waals surface area contributed by atoms with Crippen molar-refractivity contribution in [2.24, 2.45) is 4.99 Å². The molecule has 4 unspecified atom stereocenters. The second-order valence-electron chi connectivity index (χ2n) is 10.2. The van der Waals surface area contributed by atoms with Crippen molar-refractivity contribution in [3.05, 3.63) is 35.0 Å². The van der Waals surface area contributed by atoms with Gasteiger partial charge in [-0.15, -0.1) is 0 Å². The Morgan fingerprint density at radius 1 is 0.955 bits per heavy atom. The van der Waals surface area contributed by atoms with Gasteiger partial charge >= 0.3 is 0 Å². The highest BCUT2D eigenvalue weighted by atomic mass is 31.2. The van der Waals surface area contributed by atoms with E-state index in [-0.39, 0.29) is 34.9 Å². The van der Waals surface area contributed by atoms with Gasteiger partial charge in [-0.05, 0) is 0 Å². The smallest absolute Gasteiger partial charge is 0.278 e. The lowest BCUT2D eigenvalue weighted by Crippen LogP contribution is -2.38. The number of aliphatic imine (C=N–C) groups is 1. The number of halogens is 1. The van der Waals surface area contributed by atoms with Crippen LogP contribution in [0.4, 0.5) is 10.2 Å². The van der Waals surface area contributed by atoms with Crippen LogP contribution in [0.25, 0.3) is 11.2 Å². The lowest BCUT2D eigenvalue weighted by molar-refractivity contribution is -0.0563. The van der Waals surface area contributed by atoms with E-state index in [1.54, 1.807) is 0 Å². The number of carbonyl (C=O) groups excluding carboxylic acids is 1. The highest BCUT2D eigenvalue weighted by Gasteiger charge is 2.53. The topological polar surface area (TPSA) is 221 Å². The first-order valence-electron chi connectivity index (χ1n) is 13.0. The van der Waals surface area contributed by atoms with Crippen molar-refractivity contribution in [2.45, 2.75) is 55.6 Å². The highest BCUT2D eigenvalue weighted by molar-refractivity contribution is 7.79. The zero-order valence-electron chi connectivity index (χ0n) is 22.2. The minimum atomic E-state index is -4.59. The number of aromatic amines is 1. The molecule has 23 heteroatoms. The Morgan fingerprint density at radius 2 is 1.61 bits per heavy atom. The molecule has 3 aromatic rings. The standard InChI is InChI=1S/C21H20B2FN7O11P2/c22-43(35)38-4-10-16(14(33)21(40-10)31-6-28-12-8(32)1-2-25-17(12)31)42-44(23,36)37-3-9-15(41-43)11(24)20(39-9)30-7-29-13-18(30)26-5-27-19(13)34/h2,5-7,9-11,14-16,20-21,33H,1,3-4H2,(H,26,27,34)/t9-,10-,11?,14+,15+,16?,20-,21-,43?,44?/m1/s1. The Hall–Kier alpha value is -2.86. The molecule has 10 atom stereocenters. The number of imidazole rings is 2. The Labute approximate surface area is 248 Å². The average Bonchev–Trinajstić information content (AvgIpc) is 3.73. The fraction of sp³-hybridized carbons (Fsp3) is 0.524. The van der Waals surface area contributed by atoms with E-state index in [9.17, 15) is 23.8 Å². The quantitative estimate of drug-likeness (QED) is 0.279. The summed E-state index contributed by atoms with van der Waals surface area (Å²) in [6.07, 6.45) is -7.73. The summed E-state index contributed by atoms with van der Waals surface area (Å²) in [5.74, 6) is -0.205. The maximum absolute atomic E-state index is 15.9. The van der Waals surface area contributed by atoms with Crippen LogP contribution in [0.1, 0.15) is 29.4 Å². The van der Waals surface area contributed by atoms with Gasteiger partial charge in [0.25, 0.3) is 20.5 Å². The fourth-order valence-electron chi connectivity index (χ4n) is 5.37. The van der Waals surface area contributed by atoms with Crippen molar-refractivity contribution in [3.63, 3.8) is 0 Å². The number of ether oxygens (including phenoxy) is 2. The van der Waals surface area contributed by atoms with E-state index in [1.807, 2.05) is 0 Å². The molecule has 0 aromatic carbocycles. The van der Waals surface area contributed by atoms with Crippen molar-refractivity contribution in [2.75, 3.05) is 13.2 Å². The van der Waals surface area contributed by atoms with Crippen molar-refractivity contribution in [3.8, 4) is 0 Å². The van der Waals surface area contributed by atoms with E-state index in [0.29, 0.717) is 0 Å². The molecule has 3 fully saturated rings. The number of nitrogens with one attached hydrogen (secondary N) is 1. The van der Waals surface area contributed by atoms with Gasteiger partial charge in [-0.3, -0.25) is 27.9 Å². The number of hydrogen-bond donors (Lipinski definition) is 2. The maximum atomic E-state index is 15.9. The Bertz CT molecular complexity index is 1820. The summed E-state index contributed by atoms with van der Waals surface area (Å²) in [4.78, 5) is 42.7. The van der Waals surface area contributed by atoms with E-state index in [4.69, 9.17) is 42.7 Å². The summed E-state index contributed by atoms with van der Waals surface area (Å²) in [5, 5.41) is 11.2. The van der Waals surface area contributed by atoms with Gasteiger partial charge in [0.2, 0.25) is 15.1 Å². The van der Waals surface area contributed by atoms with Crippen molar-refractivity contribution < 1.29 is 51.0 Å². The van der Waals surface area contributed by atoms with E-state index in [2.05, 4.69) is 24.9 Å². The summed E-state index contributed by atoms with van der Waals surface area (Å²) in [6, 6.07) is 0. The fourth-order valence-corrected chi connectivity index (χ4v) is 7.40. The third-order valence-corrected chi connectivity index (χ3v) is 9.48. The molecule has 228 valence electrons. The maximum Gasteiger partial charge on any atom is 0.278 e. The van der Waals surface area contributed by atoms with Crippen LogP contribution in [0.3, 0.4) is 0 Å². The number of aromatic nitrogens is 6. The van der Waals surface area contributed by atoms with Crippen molar-refractivity contribution >= 4 is 59.1 Å². The van der Waals surface area contributed by atoms with Gasteiger partial charge in [-0.25, -0.2) is 24.3 Å². The van der Waals surface area contributed by atoms with Crippen LogP contribution in [0.5, 0.6) is 0 Å². The predicted octanol–water partition coefficient (Wildman–Crippen LogP) is 0.169. The molecule has 4 aliphatic heterocycles. The van der Waals surface area contributed by atoms with Gasteiger partial charge in [-0.1, -0.05) is 0 Å². The van der Waals surface area contributed by atoms with Gasteiger partial charge in [0, 0.05) is 12.6 Å². The molecule has 0 amide bonds. The number of carbonyl (C=O) groups is 1. The summed E-state index contributed by atoms with van der Waals surface area (Å²) >= 11 is 0. The normalized spacial score (nSPS) is 39.4. The molecule has 3 aromatic heterocycles. The molecule has 44 heavy (non-hydrogen) atoms. The number of nitrogens with zero attached hydrogens (tertiary/aromatic N) is 6. The SMILES string of the molecule is [B]P1(=O)OC[C@H]2O[C@@H](n3cnc4c(=O)[nH]cnc43)C(F)[C@H]2OP([B])(=O)OC[C@H]2O[C@@H](n3cnc4c3N=CCC4=O)[C@@H](O)C2O1. The number of ketones is 1. The molecule has 0 bridgehead atoms. The summed E-state index contributed by atoms with van der Waals surface area (Å²) in [6.45, 7) is -1.40. The van der Waals surface area contributed by atoms with E-state index in [1.165, 1.54) is 17.1 Å². The average molecular weight is 649 g/mol. The number of hydrogen-bond acceptors (Lipinski definition) is 15. The lowest BCUT2D eigenvalue weighted by atomic mass is 10.1. The van der Waals surface area contributed by atoms with Crippen molar-refractivity contribution in [1.29, 1.82) is 0 Å². The number of aliphatic hydroxyl groups is 1. The Morgan fingerprint density at radius 3 is 2.36 bits per heavy atom. The number of Topliss-reactive ketones (excluding diaryl/α,β-unsaturated/α-hetero) is 1. The minimum Gasteiger partial charge on any atom is -0.386 e. The van der Waals surface area contributed by atoms with Crippen LogP contribution in [-0.2, 0) is 36.7 Å². The molecule has 4 radical (unpaired) electrons. The van der Waals surface area contributed by atoms with Gasteiger partial charge in [-0.2, -0.15) is 0 Å². The monoisotopic (exact) mass is 649 g/mol. The van der Waals surface area contributed by atoms with Crippen LogP contribution >= 0.6 is 14.9 Å². The second-order valence-corrected chi connectivity index (χ2v) is 13.3. The first-order chi connectivity index (χ1) is 20.9. The van der Waals surface area contributed by atoms with E-state index >= 15 is 4.39 Å². The van der Waals surface area contributed by atoms with Crippen LogP contribution in [0.15, 0.2) is 28.8 Å². The van der Waals surface area contributed by atoms with Crippen LogP contribution in [0, 0.1) is 0 Å². The van der Waals surface area contributed by atoms with Gasteiger partial charge in [0.05, 0.1) is 32.2 Å². The summed E-state index contributed by atoms with van der Waals surface area (Å²) in [7, 11) is 2.52. The lowest BCUT2D eigenvalue weighted by Gasteiger charge is -2.30. The predicted molar refractivity (Wildman–Crippen MR) is 145 cm³/mol. The number of H-pyrrole nitrogens is 1. The first-order valence-corrected chi connectivity index (χ1v) is 16.2. The zero-order valence-corrected chi connectivity index (χ0v) is 24.0. The molecule has 3 saturated heterocycles. The largest absolute Gasteiger partial charge is 0.386 e. The third-order valence-electron chi connectivity index (χ3n) is 7.39. The molecule has 4 aliphatic rings. The number of rotatable bonds is 2. The van der Waals surface area contributed by atoms with E-state index in [0.717, 1.165) is 17.2 Å². The molecular weight excluding hydrogens is 629 g/mol. The van der Waals surface area contributed by atoms with E-state index < -0.39 is 82.9 Å². The molecular formula is C21H20B2FN7O11P2. The molecule has 7 heterocycles. The Balaban J connectivity index is 1.16. The molecule has 0 spiro atoms. The second kappa shape index (κ2) is 10.9. The van der Waals surface area contributed by atoms with Crippen LogP contribution < -0.4 is 5.56 Å². The van der Waals surface area contributed by atoms with Gasteiger partial charge < -0.3 is 37.7 Å². The van der Waals surface area contributed by atoms with Crippen LogP contribution in [-0.4, -0.2) is 111 Å². The molecule has 0 saturated carbocycles. The third kappa shape index (κ3) is 5.15. The van der Waals surface area contributed by atoms with Gasteiger partial charge in [0.15, 0.2) is 47.1 Å². The molecule has 7 rings (SSSR count). The highest BCUT2D eigenvalue weighted by Crippen LogP contribution is 2.53. The minimum absolute atomic E-state index is 0.0256. The van der Waals surface area contributed by atoms with Crippen molar-refractivity contribution in [1.82, 2.24) is 29.1 Å². The zero-order chi connectivity index (χ0) is 31.0. The molecule has 2 N–H and O–H groups in total. The summed E-state index contributed by atoms with van der Waals surface area (Å²) < 4.78 is 77.9.